The second-order valence-corrected chi connectivity index (χ2v) is 5.04. The number of carbonyl (C=O) groups excluding carboxylic acids is 1. The molecule has 0 heterocycles. The Kier molecular flexibility index (Phi) is 4.59. The van der Waals surface area contributed by atoms with Crippen LogP contribution in [0.1, 0.15) is 19.4 Å². The van der Waals surface area contributed by atoms with Crippen LogP contribution in [0.2, 0.25) is 5.02 Å². The van der Waals surface area contributed by atoms with Crippen LogP contribution in [-0.4, -0.2) is 25.6 Å². The van der Waals surface area contributed by atoms with Gasteiger partial charge in [-0.05, 0) is 39.4 Å². The Morgan fingerprint density at radius 3 is 2.50 bits per heavy atom. The number of anilines is 1. The number of hydrogen-bond donors (Lipinski definition) is 2. The normalized spacial score (nSPS) is 11.2. The number of nitrogens with one attached hydrogen (secondary N) is 2. The van der Waals surface area contributed by atoms with Crippen molar-refractivity contribution < 1.29 is 9.53 Å². The van der Waals surface area contributed by atoms with E-state index in [1.54, 1.807) is 40.1 Å². The van der Waals surface area contributed by atoms with Crippen molar-refractivity contribution in [1.29, 1.82) is 0 Å². The van der Waals surface area contributed by atoms with Gasteiger partial charge >= 0.3 is 0 Å². The van der Waals surface area contributed by atoms with Crippen molar-refractivity contribution in [3.05, 3.63) is 22.7 Å². The van der Waals surface area contributed by atoms with Crippen LogP contribution in [0.5, 0.6) is 5.75 Å². The molecule has 1 aromatic rings. The van der Waals surface area contributed by atoms with Crippen molar-refractivity contribution in [3.8, 4) is 5.75 Å². The van der Waals surface area contributed by atoms with Gasteiger partial charge in [-0.2, -0.15) is 0 Å². The Hall–Kier alpha value is -1.26. The molecule has 1 rings (SSSR count). The molecule has 18 heavy (non-hydrogen) atoms. The molecule has 0 saturated heterocycles. The van der Waals surface area contributed by atoms with Crippen molar-refractivity contribution in [2.24, 2.45) is 0 Å². The Bertz CT molecular complexity index is 459. The van der Waals surface area contributed by atoms with Crippen LogP contribution in [0, 0.1) is 6.92 Å². The highest BCUT2D eigenvalue weighted by atomic mass is 35.5. The number of benzene rings is 1. The molecule has 0 fully saturated rings. The van der Waals surface area contributed by atoms with Crippen molar-refractivity contribution in [2.45, 2.75) is 26.3 Å². The predicted molar refractivity (Wildman–Crippen MR) is 74.5 cm³/mol. The average Bonchev–Trinajstić information content (AvgIpc) is 2.33. The van der Waals surface area contributed by atoms with Crippen molar-refractivity contribution in [1.82, 2.24) is 5.32 Å². The van der Waals surface area contributed by atoms with Gasteiger partial charge in [0.1, 0.15) is 5.75 Å². The van der Waals surface area contributed by atoms with E-state index >= 15 is 0 Å². The summed E-state index contributed by atoms with van der Waals surface area (Å²) in [6.45, 7) is 5.48. The summed E-state index contributed by atoms with van der Waals surface area (Å²) in [4.78, 5) is 12.1. The van der Waals surface area contributed by atoms with Gasteiger partial charge in [0, 0.05) is 11.1 Å². The molecule has 0 aromatic heterocycles. The first-order chi connectivity index (χ1) is 8.31. The van der Waals surface area contributed by atoms with Crippen LogP contribution in [0.15, 0.2) is 12.1 Å². The molecule has 5 heteroatoms. The minimum Gasteiger partial charge on any atom is -0.495 e. The summed E-state index contributed by atoms with van der Waals surface area (Å²) in [6.07, 6.45) is 0. The zero-order valence-corrected chi connectivity index (χ0v) is 12.1. The SMILES string of the molecule is CNC(C)(C)C(=O)Nc1cc(C)c(Cl)cc1OC. The van der Waals surface area contributed by atoms with Gasteiger partial charge in [0.05, 0.1) is 18.3 Å². The third-order valence-corrected chi connectivity index (χ3v) is 3.33. The van der Waals surface area contributed by atoms with Gasteiger partial charge in [0.15, 0.2) is 0 Å². The Labute approximate surface area is 113 Å². The Balaban J connectivity index is 3.04. The first-order valence-electron chi connectivity index (χ1n) is 5.66. The minimum atomic E-state index is -0.654. The summed E-state index contributed by atoms with van der Waals surface area (Å²) in [6, 6.07) is 3.49. The number of halogens is 1. The fourth-order valence-electron chi connectivity index (χ4n) is 1.32. The van der Waals surface area contributed by atoms with Gasteiger partial charge in [-0.3, -0.25) is 4.79 Å². The van der Waals surface area contributed by atoms with E-state index < -0.39 is 5.54 Å². The summed E-state index contributed by atoms with van der Waals surface area (Å²) in [5.74, 6) is 0.413. The van der Waals surface area contributed by atoms with Crippen LogP contribution in [-0.2, 0) is 4.79 Å². The Morgan fingerprint density at radius 2 is 2.00 bits per heavy atom. The molecule has 0 atom stereocenters. The number of rotatable bonds is 4. The molecule has 0 spiro atoms. The third kappa shape index (κ3) is 3.15. The molecule has 0 aliphatic rings. The molecule has 0 unspecified atom stereocenters. The molecule has 1 aromatic carbocycles. The van der Waals surface area contributed by atoms with Gasteiger partial charge in [0.2, 0.25) is 5.91 Å². The van der Waals surface area contributed by atoms with Gasteiger partial charge in [-0.1, -0.05) is 11.6 Å². The fourth-order valence-corrected chi connectivity index (χ4v) is 1.48. The number of ether oxygens (including phenoxy) is 1. The standard InChI is InChI=1S/C13H19ClN2O2/c1-8-6-10(11(18-5)7-9(8)14)16-12(17)13(2,3)15-4/h6-7,15H,1-5H3,(H,16,17). The molecule has 0 aliphatic heterocycles. The lowest BCUT2D eigenvalue weighted by Crippen LogP contribution is -2.47. The first-order valence-corrected chi connectivity index (χ1v) is 6.04. The summed E-state index contributed by atoms with van der Waals surface area (Å²) < 4.78 is 5.21. The highest BCUT2D eigenvalue weighted by Gasteiger charge is 2.26. The van der Waals surface area contributed by atoms with Gasteiger partial charge < -0.3 is 15.4 Å². The predicted octanol–water partition coefficient (Wildman–Crippen LogP) is 2.59. The summed E-state index contributed by atoms with van der Waals surface area (Å²) in [7, 11) is 3.28. The van der Waals surface area contributed by atoms with Crippen molar-refractivity contribution in [2.75, 3.05) is 19.5 Å². The van der Waals surface area contributed by atoms with Crippen LogP contribution in [0.3, 0.4) is 0 Å². The maximum atomic E-state index is 12.1. The topological polar surface area (TPSA) is 50.4 Å². The molecule has 0 bridgehead atoms. The van der Waals surface area contributed by atoms with E-state index in [0.29, 0.717) is 16.5 Å². The monoisotopic (exact) mass is 270 g/mol. The number of methoxy groups -OCH3 is 1. The summed E-state index contributed by atoms with van der Waals surface area (Å²) in [5.41, 5.74) is 0.848. The lowest BCUT2D eigenvalue weighted by atomic mass is 10.0. The lowest BCUT2D eigenvalue weighted by molar-refractivity contribution is -0.121. The molecule has 0 aliphatic carbocycles. The molecule has 4 nitrogen and oxygen atoms in total. The van der Waals surface area contributed by atoms with E-state index in [4.69, 9.17) is 16.3 Å². The highest BCUT2D eigenvalue weighted by molar-refractivity contribution is 6.31. The number of carbonyl (C=O) groups is 1. The number of aryl methyl sites for hydroxylation is 1. The highest BCUT2D eigenvalue weighted by Crippen LogP contribution is 2.31. The third-order valence-electron chi connectivity index (χ3n) is 2.92. The molecule has 1 amide bonds. The number of amides is 1. The summed E-state index contributed by atoms with van der Waals surface area (Å²) in [5, 5.41) is 6.39. The zero-order valence-electron chi connectivity index (χ0n) is 11.3. The van der Waals surface area contributed by atoms with E-state index in [1.165, 1.54) is 0 Å². The van der Waals surface area contributed by atoms with Gasteiger partial charge in [-0.25, -0.2) is 0 Å². The van der Waals surface area contributed by atoms with E-state index in [2.05, 4.69) is 10.6 Å². The van der Waals surface area contributed by atoms with Crippen LogP contribution < -0.4 is 15.4 Å². The largest absolute Gasteiger partial charge is 0.495 e. The molecule has 0 radical (unpaired) electrons. The maximum Gasteiger partial charge on any atom is 0.244 e. The quantitative estimate of drug-likeness (QED) is 0.884. The minimum absolute atomic E-state index is 0.134. The maximum absolute atomic E-state index is 12.1. The number of hydrogen-bond acceptors (Lipinski definition) is 3. The van der Waals surface area contributed by atoms with Crippen molar-refractivity contribution >= 4 is 23.2 Å². The average molecular weight is 271 g/mol. The molecule has 2 N–H and O–H groups in total. The van der Waals surface area contributed by atoms with Crippen LogP contribution in [0.4, 0.5) is 5.69 Å². The van der Waals surface area contributed by atoms with Crippen molar-refractivity contribution in [3.63, 3.8) is 0 Å². The lowest BCUT2D eigenvalue weighted by Gasteiger charge is -2.23. The van der Waals surface area contributed by atoms with E-state index in [9.17, 15) is 4.79 Å². The van der Waals surface area contributed by atoms with E-state index in [1.807, 2.05) is 6.92 Å². The van der Waals surface area contributed by atoms with Crippen LogP contribution in [0.25, 0.3) is 0 Å². The first kappa shape index (κ1) is 14.8. The molecular weight excluding hydrogens is 252 g/mol. The van der Waals surface area contributed by atoms with E-state index in [-0.39, 0.29) is 5.91 Å². The molecule has 0 saturated carbocycles. The number of likely N-dealkylation sites (N-methyl/N-ethyl adjacent to an activating group) is 1. The smallest absolute Gasteiger partial charge is 0.244 e. The zero-order chi connectivity index (χ0) is 13.9. The fraction of sp³-hybridized carbons (Fsp3) is 0.462. The second-order valence-electron chi connectivity index (χ2n) is 4.63. The van der Waals surface area contributed by atoms with Gasteiger partial charge in [0.25, 0.3) is 0 Å². The van der Waals surface area contributed by atoms with Crippen LogP contribution >= 0.6 is 11.6 Å². The summed E-state index contributed by atoms with van der Waals surface area (Å²) >= 11 is 6.01. The van der Waals surface area contributed by atoms with E-state index in [0.717, 1.165) is 5.56 Å². The molecular formula is C13H19ClN2O2. The molecule has 100 valence electrons. The second kappa shape index (κ2) is 5.59. The Morgan fingerprint density at radius 1 is 1.39 bits per heavy atom. The van der Waals surface area contributed by atoms with Gasteiger partial charge in [-0.15, -0.1) is 0 Å².